The number of rotatable bonds is 4. The Morgan fingerprint density at radius 3 is 2.71 bits per heavy atom. The molecule has 0 saturated carbocycles. The van der Waals surface area contributed by atoms with E-state index in [1.54, 1.807) is 0 Å². The molecular weight excluding hydrogens is 345 g/mol. The predicted octanol–water partition coefficient (Wildman–Crippen LogP) is 2.61. The monoisotopic (exact) mass is 373 g/mol. The van der Waals surface area contributed by atoms with Crippen molar-refractivity contribution in [1.29, 1.82) is 0 Å². The minimum Gasteiger partial charge on any atom is -0.350 e. The molecule has 2 heterocycles. The maximum absolute atomic E-state index is 12.7. The molecule has 4 nitrogen and oxygen atoms in total. The first-order chi connectivity index (χ1) is 10.7. The Kier molecular flexibility index (Phi) is 9.06. The van der Waals surface area contributed by atoms with Gasteiger partial charge >= 0.3 is 0 Å². The fourth-order valence-corrected chi connectivity index (χ4v) is 3.59. The number of nitrogens with zero attached hydrogens (tertiary/aromatic N) is 1. The van der Waals surface area contributed by atoms with Gasteiger partial charge in [-0.05, 0) is 43.8 Å². The quantitative estimate of drug-likeness (QED) is 0.852. The first-order valence-corrected chi connectivity index (χ1v) is 8.53. The van der Waals surface area contributed by atoms with Crippen LogP contribution in [0.2, 0.25) is 0 Å². The van der Waals surface area contributed by atoms with Crippen molar-refractivity contribution in [3.05, 3.63) is 35.9 Å². The molecule has 0 bridgehead atoms. The first kappa shape index (κ1) is 21.2. The summed E-state index contributed by atoms with van der Waals surface area (Å²) in [7, 11) is 0. The number of likely N-dealkylation sites (tertiary alicyclic amines) is 1. The second kappa shape index (κ2) is 10.2. The highest BCUT2D eigenvalue weighted by molar-refractivity contribution is 5.85. The van der Waals surface area contributed by atoms with Crippen LogP contribution in [0.5, 0.6) is 0 Å². The van der Waals surface area contributed by atoms with Gasteiger partial charge in [0.05, 0.1) is 6.04 Å². The fourth-order valence-electron chi connectivity index (χ4n) is 3.59. The van der Waals surface area contributed by atoms with Crippen molar-refractivity contribution in [3.63, 3.8) is 0 Å². The van der Waals surface area contributed by atoms with E-state index in [1.165, 1.54) is 5.56 Å². The maximum atomic E-state index is 12.7. The summed E-state index contributed by atoms with van der Waals surface area (Å²) in [5, 5.41) is 6.67. The highest BCUT2D eigenvalue weighted by atomic mass is 35.5. The summed E-state index contributed by atoms with van der Waals surface area (Å²) in [5.41, 5.74) is 1.29. The van der Waals surface area contributed by atoms with Gasteiger partial charge < -0.3 is 10.6 Å². The molecule has 2 aliphatic rings. The van der Waals surface area contributed by atoms with Gasteiger partial charge in [-0.1, -0.05) is 37.3 Å². The van der Waals surface area contributed by atoms with Crippen LogP contribution in [-0.4, -0.2) is 42.5 Å². The summed E-state index contributed by atoms with van der Waals surface area (Å²) >= 11 is 0. The van der Waals surface area contributed by atoms with E-state index in [0.717, 1.165) is 45.4 Å². The van der Waals surface area contributed by atoms with Gasteiger partial charge in [0.2, 0.25) is 5.91 Å². The lowest BCUT2D eigenvalue weighted by Gasteiger charge is -2.32. The highest BCUT2D eigenvalue weighted by Crippen LogP contribution is 2.21. The number of hydrogen-bond donors (Lipinski definition) is 2. The van der Waals surface area contributed by atoms with Gasteiger partial charge in [-0.15, -0.1) is 24.8 Å². The summed E-state index contributed by atoms with van der Waals surface area (Å²) in [6.07, 6.45) is 3.24. The van der Waals surface area contributed by atoms with E-state index in [-0.39, 0.29) is 42.8 Å². The van der Waals surface area contributed by atoms with Crippen LogP contribution in [-0.2, 0) is 11.3 Å². The van der Waals surface area contributed by atoms with Crippen LogP contribution < -0.4 is 10.6 Å². The van der Waals surface area contributed by atoms with Gasteiger partial charge in [-0.25, -0.2) is 0 Å². The van der Waals surface area contributed by atoms with Gasteiger partial charge in [-0.2, -0.15) is 0 Å². The molecule has 1 amide bonds. The fraction of sp³-hybridized carbons (Fsp3) is 0.611. The minimum absolute atomic E-state index is 0. The van der Waals surface area contributed by atoms with Crippen LogP contribution in [0.3, 0.4) is 0 Å². The number of piperidine rings is 1. The Labute approximate surface area is 157 Å². The van der Waals surface area contributed by atoms with Crippen molar-refractivity contribution in [2.45, 2.75) is 44.8 Å². The van der Waals surface area contributed by atoms with Crippen LogP contribution in [0, 0.1) is 5.92 Å². The van der Waals surface area contributed by atoms with E-state index in [2.05, 4.69) is 46.7 Å². The van der Waals surface area contributed by atoms with E-state index in [9.17, 15) is 4.79 Å². The Morgan fingerprint density at radius 2 is 2.00 bits per heavy atom. The van der Waals surface area contributed by atoms with Crippen molar-refractivity contribution >= 4 is 30.7 Å². The third kappa shape index (κ3) is 5.35. The van der Waals surface area contributed by atoms with E-state index in [4.69, 9.17) is 0 Å². The molecule has 0 spiro atoms. The van der Waals surface area contributed by atoms with Crippen molar-refractivity contribution < 1.29 is 4.79 Å². The minimum atomic E-state index is 0. The predicted molar refractivity (Wildman–Crippen MR) is 103 cm³/mol. The zero-order valence-corrected chi connectivity index (χ0v) is 15.9. The third-order valence-electron chi connectivity index (χ3n) is 5.05. The van der Waals surface area contributed by atoms with Crippen molar-refractivity contribution in [2.75, 3.05) is 19.6 Å². The molecule has 136 valence electrons. The number of nitrogens with one attached hydrogen (secondary N) is 2. The second-order valence-corrected chi connectivity index (χ2v) is 6.70. The van der Waals surface area contributed by atoms with Crippen LogP contribution >= 0.6 is 24.8 Å². The molecule has 0 radical (unpaired) electrons. The normalized spacial score (nSPS) is 27.0. The summed E-state index contributed by atoms with van der Waals surface area (Å²) in [6.45, 7) is 6.10. The molecule has 2 saturated heterocycles. The summed E-state index contributed by atoms with van der Waals surface area (Å²) in [4.78, 5) is 15.0. The Morgan fingerprint density at radius 1 is 1.25 bits per heavy atom. The molecule has 3 unspecified atom stereocenters. The largest absolute Gasteiger partial charge is 0.350 e. The molecule has 2 N–H and O–H groups in total. The maximum Gasteiger partial charge on any atom is 0.237 e. The van der Waals surface area contributed by atoms with Crippen molar-refractivity contribution in [1.82, 2.24) is 15.5 Å². The van der Waals surface area contributed by atoms with Gasteiger partial charge in [0.1, 0.15) is 0 Å². The lowest BCUT2D eigenvalue weighted by Crippen LogP contribution is -2.54. The number of benzene rings is 1. The molecule has 1 aromatic carbocycles. The molecule has 1 aromatic rings. The lowest BCUT2D eigenvalue weighted by atomic mass is 9.94. The molecule has 0 aromatic heterocycles. The molecule has 24 heavy (non-hydrogen) atoms. The van der Waals surface area contributed by atoms with Gasteiger partial charge in [0.25, 0.3) is 0 Å². The molecule has 3 rings (SSSR count). The SMILES string of the molecule is CC1CCNCC1NC(=O)C1CCCN1Cc1ccccc1.Cl.Cl. The topological polar surface area (TPSA) is 44.4 Å². The van der Waals surface area contributed by atoms with Crippen LogP contribution in [0.25, 0.3) is 0 Å². The highest BCUT2D eigenvalue weighted by Gasteiger charge is 2.33. The summed E-state index contributed by atoms with van der Waals surface area (Å²) in [6, 6.07) is 10.8. The number of amides is 1. The standard InChI is InChI=1S/C18H27N3O.2ClH/c1-14-9-10-19-12-16(14)20-18(22)17-8-5-11-21(17)13-15-6-3-2-4-7-15;;/h2-4,6-7,14,16-17,19H,5,8-13H2,1H3,(H,20,22);2*1H. The smallest absolute Gasteiger partial charge is 0.237 e. The molecule has 0 aliphatic carbocycles. The van der Waals surface area contributed by atoms with Gasteiger partial charge in [0, 0.05) is 19.1 Å². The lowest BCUT2D eigenvalue weighted by molar-refractivity contribution is -0.126. The van der Waals surface area contributed by atoms with E-state index < -0.39 is 0 Å². The van der Waals surface area contributed by atoms with Gasteiger partial charge in [-0.3, -0.25) is 9.69 Å². The molecule has 2 aliphatic heterocycles. The zero-order chi connectivity index (χ0) is 15.4. The van der Waals surface area contributed by atoms with Gasteiger partial charge in [0.15, 0.2) is 0 Å². The average Bonchev–Trinajstić information content (AvgIpc) is 2.99. The van der Waals surface area contributed by atoms with E-state index in [1.807, 2.05) is 6.07 Å². The molecule has 3 atom stereocenters. The van der Waals surface area contributed by atoms with E-state index >= 15 is 0 Å². The average molecular weight is 374 g/mol. The number of carbonyl (C=O) groups is 1. The Bertz CT molecular complexity index is 500. The van der Waals surface area contributed by atoms with Crippen molar-refractivity contribution in [3.8, 4) is 0 Å². The molecule has 2 fully saturated rings. The number of carbonyl (C=O) groups excluding carboxylic acids is 1. The molecule has 6 heteroatoms. The van der Waals surface area contributed by atoms with Crippen LogP contribution in [0.15, 0.2) is 30.3 Å². The molecular formula is C18H29Cl2N3O. The summed E-state index contributed by atoms with van der Waals surface area (Å²) in [5.74, 6) is 0.781. The summed E-state index contributed by atoms with van der Waals surface area (Å²) < 4.78 is 0. The number of hydrogen-bond acceptors (Lipinski definition) is 3. The van der Waals surface area contributed by atoms with Crippen LogP contribution in [0.4, 0.5) is 0 Å². The number of halogens is 2. The van der Waals surface area contributed by atoms with Crippen LogP contribution in [0.1, 0.15) is 31.7 Å². The Balaban J connectivity index is 0.00000144. The second-order valence-electron chi connectivity index (χ2n) is 6.70. The first-order valence-electron chi connectivity index (χ1n) is 8.53. The zero-order valence-electron chi connectivity index (χ0n) is 14.2. The Hall–Kier alpha value is -0.810. The van der Waals surface area contributed by atoms with E-state index in [0.29, 0.717) is 5.92 Å². The third-order valence-corrected chi connectivity index (χ3v) is 5.05. The van der Waals surface area contributed by atoms with Crippen molar-refractivity contribution in [2.24, 2.45) is 5.92 Å².